The van der Waals surface area contributed by atoms with Crippen LogP contribution in [0.1, 0.15) is 18.5 Å². The normalized spacial score (nSPS) is 11.9. The summed E-state index contributed by atoms with van der Waals surface area (Å²) in [5.74, 6) is 0. The van der Waals surface area contributed by atoms with Crippen molar-refractivity contribution in [3.63, 3.8) is 0 Å². The van der Waals surface area contributed by atoms with Crippen LogP contribution in [0.25, 0.3) is 0 Å². The summed E-state index contributed by atoms with van der Waals surface area (Å²) in [6.07, 6.45) is 0. The fourth-order valence-corrected chi connectivity index (χ4v) is 1.99. The molecule has 5 heteroatoms. The molecule has 0 radical (unpaired) electrons. The Balaban J connectivity index is 2.10. The first kappa shape index (κ1) is 13.4. The highest BCUT2D eigenvalue weighted by atomic mass is 35.5. The number of nitro groups is 1. The van der Waals surface area contributed by atoms with Gasteiger partial charge in [0.15, 0.2) is 0 Å². The molecule has 0 aliphatic carbocycles. The number of nitrogens with one attached hydrogen (secondary N) is 1. The Morgan fingerprint density at radius 2 is 1.89 bits per heavy atom. The zero-order valence-corrected chi connectivity index (χ0v) is 11.1. The van der Waals surface area contributed by atoms with Crippen LogP contribution in [0, 0.1) is 10.1 Å². The van der Waals surface area contributed by atoms with Gasteiger partial charge >= 0.3 is 0 Å². The van der Waals surface area contributed by atoms with Gasteiger partial charge in [-0.3, -0.25) is 10.1 Å². The zero-order chi connectivity index (χ0) is 13.8. The molecule has 1 atom stereocenters. The van der Waals surface area contributed by atoms with Crippen molar-refractivity contribution in [2.24, 2.45) is 0 Å². The van der Waals surface area contributed by atoms with Gasteiger partial charge in [-0.2, -0.15) is 0 Å². The molecular formula is C14H13ClN2O2. The largest absolute Gasteiger partial charge is 0.379 e. The highest BCUT2D eigenvalue weighted by molar-refractivity contribution is 6.30. The summed E-state index contributed by atoms with van der Waals surface area (Å²) >= 11 is 5.94. The van der Waals surface area contributed by atoms with E-state index in [2.05, 4.69) is 5.32 Å². The lowest BCUT2D eigenvalue weighted by Crippen LogP contribution is -2.06. The molecule has 0 saturated heterocycles. The van der Waals surface area contributed by atoms with Crippen LogP contribution >= 0.6 is 11.6 Å². The number of anilines is 1. The van der Waals surface area contributed by atoms with Gasteiger partial charge in [0.2, 0.25) is 0 Å². The van der Waals surface area contributed by atoms with Gasteiger partial charge in [0.1, 0.15) is 0 Å². The average molecular weight is 277 g/mol. The van der Waals surface area contributed by atoms with Crippen LogP contribution < -0.4 is 5.32 Å². The van der Waals surface area contributed by atoms with Gasteiger partial charge in [-0.25, -0.2) is 0 Å². The Hall–Kier alpha value is -2.07. The van der Waals surface area contributed by atoms with Crippen LogP contribution in [0.5, 0.6) is 0 Å². The molecule has 0 heterocycles. The van der Waals surface area contributed by atoms with Gasteiger partial charge in [-0.05, 0) is 36.8 Å². The molecule has 0 fully saturated rings. The summed E-state index contributed by atoms with van der Waals surface area (Å²) in [6.45, 7) is 2.01. The molecule has 0 saturated carbocycles. The van der Waals surface area contributed by atoms with Crippen LogP contribution in [-0.2, 0) is 0 Å². The second-order valence-corrected chi connectivity index (χ2v) is 4.66. The van der Waals surface area contributed by atoms with Crippen molar-refractivity contribution in [2.75, 3.05) is 5.32 Å². The van der Waals surface area contributed by atoms with Crippen LogP contribution in [0.3, 0.4) is 0 Å². The van der Waals surface area contributed by atoms with Crippen LogP contribution in [0.4, 0.5) is 11.4 Å². The summed E-state index contributed by atoms with van der Waals surface area (Å²) in [7, 11) is 0. The van der Waals surface area contributed by atoms with Crippen molar-refractivity contribution < 1.29 is 4.92 Å². The van der Waals surface area contributed by atoms with E-state index in [0.717, 1.165) is 11.3 Å². The van der Waals surface area contributed by atoms with Crippen LogP contribution in [0.2, 0.25) is 5.02 Å². The number of non-ortho nitro benzene ring substituents is 1. The second-order valence-electron chi connectivity index (χ2n) is 4.23. The number of nitrogens with zero attached hydrogens (tertiary/aromatic N) is 1. The van der Waals surface area contributed by atoms with Crippen molar-refractivity contribution >= 4 is 23.0 Å². The first-order valence-corrected chi connectivity index (χ1v) is 6.20. The molecule has 19 heavy (non-hydrogen) atoms. The first-order valence-electron chi connectivity index (χ1n) is 5.83. The quantitative estimate of drug-likeness (QED) is 0.664. The maximum absolute atomic E-state index is 10.6. The summed E-state index contributed by atoms with van der Waals surface area (Å²) in [5.41, 5.74) is 1.98. The molecule has 4 nitrogen and oxygen atoms in total. The second kappa shape index (κ2) is 5.71. The zero-order valence-electron chi connectivity index (χ0n) is 10.3. The van der Waals surface area contributed by atoms with Crippen LogP contribution in [-0.4, -0.2) is 4.92 Å². The molecule has 2 rings (SSSR count). The maximum atomic E-state index is 10.6. The van der Waals surface area contributed by atoms with Gasteiger partial charge in [0.05, 0.1) is 4.92 Å². The number of benzene rings is 2. The number of halogens is 1. The van der Waals surface area contributed by atoms with E-state index in [4.69, 9.17) is 11.6 Å². The monoisotopic (exact) mass is 276 g/mol. The molecule has 98 valence electrons. The standard InChI is InChI=1S/C14H13ClN2O2/c1-10(11-3-2-4-12(15)9-11)16-13-5-7-14(8-6-13)17(18)19/h2-10,16H,1H3. The van der Waals surface area contributed by atoms with Crippen molar-refractivity contribution in [1.82, 2.24) is 0 Å². The van der Waals surface area contributed by atoms with Crippen molar-refractivity contribution in [3.05, 3.63) is 69.2 Å². The van der Waals surface area contributed by atoms with Gasteiger partial charge in [-0.1, -0.05) is 23.7 Å². The minimum atomic E-state index is -0.413. The third kappa shape index (κ3) is 3.45. The summed E-state index contributed by atoms with van der Waals surface area (Å²) < 4.78 is 0. The molecule has 2 aromatic carbocycles. The van der Waals surface area contributed by atoms with E-state index >= 15 is 0 Å². The van der Waals surface area contributed by atoms with Gasteiger partial charge in [0.25, 0.3) is 5.69 Å². The van der Waals surface area contributed by atoms with E-state index in [1.807, 2.05) is 31.2 Å². The average Bonchev–Trinajstić information content (AvgIpc) is 2.39. The van der Waals surface area contributed by atoms with Crippen molar-refractivity contribution in [1.29, 1.82) is 0 Å². The van der Waals surface area contributed by atoms with Crippen molar-refractivity contribution in [2.45, 2.75) is 13.0 Å². The molecule has 1 unspecified atom stereocenters. The smallest absolute Gasteiger partial charge is 0.269 e. The van der Waals surface area contributed by atoms with Crippen LogP contribution in [0.15, 0.2) is 48.5 Å². The van der Waals surface area contributed by atoms with E-state index in [1.54, 1.807) is 12.1 Å². The van der Waals surface area contributed by atoms with E-state index in [-0.39, 0.29) is 11.7 Å². The number of nitro benzene ring substituents is 1. The predicted molar refractivity (Wildman–Crippen MR) is 76.6 cm³/mol. The molecule has 0 aliphatic rings. The third-order valence-corrected chi connectivity index (χ3v) is 3.05. The van der Waals surface area contributed by atoms with Crippen molar-refractivity contribution in [3.8, 4) is 0 Å². The first-order chi connectivity index (χ1) is 9.06. The Bertz CT molecular complexity index is 584. The fourth-order valence-electron chi connectivity index (χ4n) is 1.79. The van der Waals surface area contributed by atoms with E-state index in [0.29, 0.717) is 5.02 Å². The lowest BCUT2D eigenvalue weighted by atomic mass is 10.1. The number of hydrogen-bond acceptors (Lipinski definition) is 3. The maximum Gasteiger partial charge on any atom is 0.269 e. The third-order valence-electron chi connectivity index (χ3n) is 2.81. The predicted octanol–water partition coefficient (Wildman–Crippen LogP) is 4.42. The molecule has 0 spiro atoms. The molecule has 2 aromatic rings. The molecule has 0 bridgehead atoms. The van der Waals surface area contributed by atoms with Gasteiger partial charge in [0, 0.05) is 28.9 Å². The fraction of sp³-hybridized carbons (Fsp3) is 0.143. The molecule has 1 N–H and O–H groups in total. The minimum Gasteiger partial charge on any atom is -0.379 e. The Kier molecular flexibility index (Phi) is 4.02. The lowest BCUT2D eigenvalue weighted by Gasteiger charge is -2.15. The lowest BCUT2D eigenvalue weighted by molar-refractivity contribution is -0.384. The van der Waals surface area contributed by atoms with Gasteiger partial charge < -0.3 is 5.32 Å². The molecule has 0 aliphatic heterocycles. The number of hydrogen-bond donors (Lipinski definition) is 1. The highest BCUT2D eigenvalue weighted by Crippen LogP contribution is 2.23. The molecule has 0 aromatic heterocycles. The topological polar surface area (TPSA) is 55.2 Å². The van der Waals surface area contributed by atoms with Gasteiger partial charge in [-0.15, -0.1) is 0 Å². The summed E-state index contributed by atoms with van der Waals surface area (Å²) in [6, 6.07) is 14.0. The Morgan fingerprint density at radius 1 is 1.21 bits per heavy atom. The minimum absolute atomic E-state index is 0.0696. The Labute approximate surface area is 116 Å². The van der Waals surface area contributed by atoms with E-state index < -0.39 is 4.92 Å². The highest BCUT2D eigenvalue weighted by Gasteiger charge is 2.08. The van der Waals surface area contributed by atoms with E-state index in [1.165, 1.54) is 12.1 Å². The SMILES string of the molecule is CC(Nc1ccc([N+](=O)[O-])cc1)c1cccc(Cl)c1. The number of rotatable bonds is 4. The molecule has 0 amide bonds. The Morgan fingerprint density at radius 3 is 2.47 bits per heavy atom. The van der Waals surface area contributed by atoms with E-state index in [9.17, 15) is 10.1 Å². The summed E-state index contributed by atoms with van der Waals surface area (Å²) in [4.78, 5) is 10.2. The summed E-state index contributed by atoms with van der Waals surface area (Å²) in [5, 5.41) is 14.5. The molecular weight excluding hydrogens is 264 g/mol.